The summed E-state index contributed by atoms with van der Waals surface area (Å²) in [4.78, 5) is 19.9. The molecule has 1 heterocycles. The molecule has 1 aliphatic rings. The molecule has 8 nitrogen and oxygen atoms in total. The number of amides is 2. The van der Waals surface area contributed by atoms with Crippen LogP contribution < -0.4 is 20.1 Å². The van der Waals surface area contributed by atoms with Gasteiger partial charge < -0.3 is 24.8 Å². The standard InChI is InChI=1S/C24H24N4O4/c1-25-21-13-19-20(14-23(21)31-12-11-30-2)26-10-9-22(19)32-18-7-5-17(6-8-18)28-24(29)27-15-16-3-4-16/h5-10,13-14,16H,3-4,11-12,15H2,2H3,(H2,27,28,29). The lowest BCUT2D eigenvalue weighted by molar-refractivity contribution is 0.147. The summed E-state index contributed by atoms with van der Waals surface area (Å²) in [6.45, 7) is 8.97. The molecule has 2 N–H and O–H groups in total. The van der Waals surface area contributed by atoms with Gasteiger partial charge in [-0.25, -0.2) is 9.64 Å². The fourth-order valence-electron chi connectivity index (χ4n) is 3.13. The molecule has 4 rings (SSSR count). The van der Waals surface area contributed by atoms with Crippen LogP contribution in [0.25, 0.3) is 15.7 Å². The summed E-state index contributed by atoms with van der Waals surface area (Å²) in [7, 11) is 1.59. The van der Waals surface area contributed by atoms with Gasteiger partial charge >= 0.3 is 6.03 Å². The summed E-state index contributed by atoms with van der Waals surface area (Å²) in [5.74, 6) is 2.27. The number of anilines is 1. The Kier molecular flexibility index (Phi) is 6.68. The van der Waals surface area contributed by atoms with E-state index in [1.807, 2.05) is 0 Å². The van der Waals surface area contributed by atoms with Gasteiger partial charge in [-0.1, -0.05) is 0 Å². The van der Waals surface area contributed by atoms with Crippen molar-refractivity contribution in [3.05, 3.63) is 60.1 Å². The number of hydrogen-bond donors (Lipinski definition) is 2. The molecule has 2 aromatic carbocycles. The Bertz CT molecular complexity index is 1140. The topological polar surface area (TPSA) is 86.1 Å². The zero-order valence-electron chi connectivity index (χ0n) is 17.8. The minimum atomic E-state index is -0.208. The smallest absolute Gasteiger partial charge is 0.319 e. The van der Waals surface area contributed by atoms with Crippen LogP contribution in [0.2, 0.25) is 0 Å². The van der Waals surface area contributed by atoms with Gasteiger partial charge in [0.05, 0.1) is 18.7 Å². The van der Waals surface area contributed by atoms with E-state index < -0.39 is 0 Å². The number of hydrogen-bond acceptors (Lipinski definition) is 5. The molecule has 0 spiro atoms. The van der Waals surface area contributed by atoms with Crippen molar-refractivity contribution in [1.29, 1.82) is 0 Å². The average molecular weight is 432 g/mol. The Morgan fingerprint density at radius 3 is 2.69 bits per heavy atom. The van der Waals surface area contributed by atoms with Crippen molar-refractivity contribution in [3.8, 4) is 17.2 Å². The van der Waals surface area contributed by atoms with Crippen LogP contribution in [0.1, 0.15) is 12.8 Å². The molecule has 0 bridgehead atoms. The van der Waals surface area contributed by atoms with Gasteiger partial charge in [-0.15, -0.1) is 0 Å². The van der Waals surface area contributed by atoms with Gasteiger partial charge in [0.15, 0.2) is 0 Å². The molecule has 1 aliphatic carbocycles. The number of carbonyl (C=O) groups excluding carboxylic acids is 1. The van der Waals surface area contributed by atoms with E-state index in [-0.39, 0.29) is 6.03 Å². The molecule has 0 radical (unpaired) electrons. The lowest BCUT2D eigenvalue weighted by atomic mass is 10.1. The zero-order chi connectivity index (χ0) is 22.3. The Hall–Kier alpha value is -3.83. The van der Waals surface area contributed by atoms with Gasteiger partial charge in [-0.2, -0.15) is 0 Å². The summed E-state index contributed by atoms with van der Waals surface area (Å²) < 4.78 is 16.7. The highest BCUT2D eigenvalue weighted by atomic mass is 16.5. The number of carbonyl (C=O) groups is 1. The van der Waals surface area contributed by atoms with Crippen molar-refractivity contribution >= 4 is 28.3 Å². The quantitative estimate of drug-likeness (QED) is 0.361. The fraction of sp³-hybridized carbons (Fsp3) is 0.292. The van der Waals surface area contributed by atoms with Gasteiger partial charge in [0.2, 0.25) is 5.69 Å². The SMILES string of the molecule is [C-]#[N+]c1cc2c(Oc3ccc(NC(=O)NCC4CC4)cc3)ccnc2cc1OCCOC. The zero-order valence-corrected chi connectivity index (χ0v) is 17.8. The second-order valence-electron chi connectivity index (χ2n) is 7.50. The lowest BCUT2D eigenvalue weighted by Crippen LogP contribution is -2.30. The van der Waals surface area contributed by atoms with Crippen molar-refractivity contribution in [2.24, 2.45) is 5.92 Å². The Labute approximate surface area is 186 Å². The molecule has 1 fully saturated rings. The van der Waals surface area contributed by atoms with E-state index in [2.05, 4.69) is 20.5 Å². The average Bonchev–Trinajstić information content (AvgIpc) is 3.63. The summed E-state index contributed by atoms with van der Waals surface area (Å²) in [5.41, 5.74) is 1.72. The number of nitrogens with one attached hydrogen (secondary N) is 2. The third-order valence-electron chi connectivity index (χ3n) is 5.04. The minimum absolute atomic E-state index is 0.208. The largest absolute Gasteiger partial charge is 0.502 e. The predicted octanol–water partition coefficient (Wildman–Crippen LogP) is 5.13. The molecule has 32 heavy (non-hydrogen) atoms. The van der Waals surface area contributed by atoms with Crippen LogP contribution in [0.15, 0.2) is 48.7 Å². The van der Waals surface area contributed by atoms with Gasteiger partial charge in [-0.3, -0.25) is 4.98 Å². The van der Waals surface area contributed by atoms with E-state index in [1.165, 1.54) is 12.8 Å². The number of methoxy groups -OCH3 is 1. The maximum absolute atomic E-state index is 11.9. The number of pyridine rings is 1. The summed E-state index contributed by atoms with van der Waals surface area (Å²) >= 11 is 0. The molecule has 164 valence electrons. The van der Waals surface area contributed by atoms with Crippen LogP contribution in [0.5, 0.6) is 17.2 Å². The van der Waals surface area contributed by atoms with Crippen molar-refractivity contribution in [2.75, 3.05) is 32.2 Å². The third-order valence-corrected chi connectivity index (χ3v) is 5.04. The number of aromatic nitrogens is 1. The van der Waals surface area contributed by atoms with Crippen molar-refractivity contribution in [3.63, 3.8) is 0 Å². The van der Waals surface area contributed by atoms with Crippen LogP contribution in [-0.2, 0) is 4.74 Å². The van der Waals surface area contributed by atoms with Gasteiger partial charge in [-0.05, 0) is 61.2 Å². The molecule has 2 amide bonds. The van der Waals surface area contributed by atoms with Crippen molar-refractivity contribution < 1.29 is 19.0 Å². The van der Waals surface area contributed by atoms with Gasteiger partial charge in [0, 0.05) is 30.9 Å². The van der Waals surface area contributed by atoms with E-state index >= 15 is 0 Å². The summed E-state index contributed by atoms with van der Waals surface area (Å²) in [6.07, 6.45) is 4.03. The number of ether oxygens (including phenoxy) is 3. The number of fused-ring (bicyclic) bond motifs is 1. The minimum Gasteiger partial charge on any atom is -0.502 e. The Morgan fingerprint density at radius 1 is 1.16 bits per heavy atom. The van der Waals surface area contributed by atoms with Crippen LogP contribution in [0.4, 0.5) is 16.2 Å². The van der Waals surface area contributed by atoms with Crippen LogP contribution in [0.3, 0.4) is 0 Å². The third kappa shape index (κ3) is 5.45. The highest BCUT2D eigenvalue weighted by Crippen LogP contribution is 2.37. The predicted molar refractivity (Wildman–Crippen MR) is 122 cm³/mol. The van der Waals surface area contributed by atoms with Crippen molar-refractivity contribution in [1.82, 2.24) is 10.3 Å². The Morgan fingerprint density at radius 2 is 1.97 bits per heavy atom. The van der Waals surface area contributed by atoms with Crippen molar-refractivity contribution in [2.45, 2.75) is 12.8 Å². The number of urea groups is 1. The Balaban J connectivity index is 1.47. The molecule has 0 atom stereocenters. The molecular formula is C24H24N4O4. The lowest BCUT2D eigenvalue weighted by Gasteiger charge is -2.12. The summed E-state index contributed by atoms with van der Waals surface area (Å²) in [5, 5.41) is 6.39. The highest BCUT2D eigenvalue weighted by Gasteiger charge is 2.21. The number of nitrogens with zero attached hydrogens (tertiary/aromatic N) is 2. The van der Waals surface area contributed by atoms with Crippen LogP contribution >= 0.6 is 0 Å². The van der Waals surface area contributed by atoms with E-state index in [1.54, 1.807) is 55.8 Å². The molecule has 0 unspecified atom stereocenters. The second-order valence-corrected chi connectivity index (χ2v) is 7.50. The highest BCUT2D eigenvalue weighted by molar-refractivity contribution is 5.91. The molecular weight excluding hydrogens is 408 g/mol. The first-order valence-electron chi connectivity index (χ1n) is 10.4. The first-order chi connectivity index (χ1) is 15.7. The van der Waals surface area contributed by atoms with Gasteiger partial charge in [0.1, 0.15) is 23.9 Å². The summed E-state index contributed by atoms with van der Waals surface area (Å²) in [6, 6.07) is 12.1. The number of benzene rings is 2. The van der Waals surface area contributed by atoms with Gasteiger partial charge in [0.25, 0.3) is 0 Å². The van der Waals surface area contributed by atoms with E-state index in [0.717, 1.165) is 0 Å². The van der Waals surface area contributed by atoms with Crippen LogP contribution in [0, 0.1) is 12.5 Å². The maximum atomic E-state index is 11.9. The first kappa shape index (κ1) is 21.4. The molecule has 3 aromatic rings. The molecule has 1 saturated carbocycles. The van der Waals surface area contributed by atoms with E-state index in [0.29, 0.717) is 65.2 Å². The molecule has 1 aromatic heterocycles. The molecule has 0 aliphatic heterocycles. The molecule has 8 heteroatoms. The number of rotatable bonds is 9. The normalized spacial score (nSPS) is 12.8. The second kappa shape index (κ2) is 9.98. The van der Waals surface area contributed by atoms with E-state index in [9.17, 15) is 4.79 Å². The first-order valence-corrected chi connectivity index (χ1v) is 10.4. The fourth-order valence-corrected chi connectivity index (χ4v) is 3.13. The van der Waals surface area contributed by atoms with E-state index in [4.69, 9.17) is 20.8 Å². The maximum Gasteiger partial charge on any atom is 0.319 e. The monoisotopic (exact) mass is 432 g/mol. The molecule has 0 saturated heterocycles. The van der Waals surface area contributed by atoms with Crippen LogP contribution in [-0.4, -0.2) is 37.9 Å².